The van der Waals surface area contributed by atoms with E-state index in [9.17, 15) is 9.59 Å². The summed E-state index contributed by atoms with van der Waals surface area (Å²) in [5.41, 5.74) is 5.22. The normalized spacial score (nSPS) is 11.8. The molecule has 1 rings (SSSR count). The van der Waals surface area contributed by atoms with E-state index in [-0.39, 0.29) is 21.4 Å². The van der Waals surface area contributed by atoms with E-state index in [0.29, 0.717) is 12.8 Å². The zero-order valence-electron chi connectivity index (χ0n) is 11.8. The van der Waals surface area contributed by atoms with Crippen molar-refractivity contribution in [3.05, 3.63) is 27.7 Å². The third-order valence-electron chi connectivity index (χ3n) is 2.85. The molecular weight excluding hydrogens is 317 g/mol. The Morgan fingerprint density at radius 2 is 1.90 bits per heavy atom. The number of halogens is 2. The average Bonchev–Trinajstić information content (AvgIpc) is 2.44. The van der Waals surface area contributed by atoms with E-state index in [1.807, 2.05) is 6.92 Å². The van der Waals surface area contributed by atoms with Crippen LogP contribution in [-0.2, 0) is 9.53 Å². The second kappa shape index (κ2) is 8.10. The zero-order valence-corrected chi connectivity index (χ0v) is 13.3. The number of hydrogen-bond acceptors (Lipinski definition) is 4. The summed E-state index contributed by atoms with van der Waals surface area (Å²) in [4.78, 5) is 23.6. The highest BCUT2D eigenvalue weighted by Crippen LogP contribution is 2.34. The van der Waals surface area contributed by atoms with Gasteiger partial charge in [-0.3, -0.25) is 4.79 Å². The van der Waals surface area contributed by atoms with E-state index < -0.39 is 18.0 Å². The molecule has 0 aliphatic heterocycles. The molecule has 21 heavy (non-hydrogen) atoms. The predicted molar refractivity (Wildman–Crippen MR) is 80.9 cm³/mol. The Kier molecular flexibility index (Phi) is 6.78. The van der Waals surface area contributed by atoms with Crippen LogP contribution in [0.3, 0.4) is 0 Å². The highest BCUT2D eigenvalue weighted by Gasteiger charge is 2.26. The minimum absolute atomic E-state index is 0.0191. The number of benzene rings is 1. The van der Waals surface area contributed by atoms with Crippen LogP contribution in [-0.4, -0.2) is 25.1 Å². The van der Waals surface area contributed by atoms with Gasteiger partial charge in [0.2, 0.25) is 0 Å². The Balaban J connectivity index is 3.02. The largest absolute Gasteiger partial charge is 0.494 e. The standard InChI is InChI=1S/C14H17Cl2NO4/c1-3-4-5-10(13(17)18)21-14(19)11-8(15)6-7-9(16)12(11)20-2/h6-7,10H,3-5H2,1-2H3,(H2,17,18). The van der Waals surface area contributed by atoms with Gasteiger partial charge in [-0.2, -0.15) is 0 Å². The van der Waals surface area contributed by atoms with E-state index in [4.69, 9.17) is 38.4 Å². The molecule has 0 aliphatic rings. The zero-order chi connectivity index (χ0) is 16.0. The Labute approximate surface area is 133 Å². The van der Waals surface area contributed by atoms with E-state index in [0.717, 1.165) is 6.42 Å². The SMILES string of the molecule is CCCCC(OC(=O)c1c(Cl)ccc(Cl)c1OC)C(N)=O. The summed E-state index contributed by atoms with van der Waals surface area (Å²) in [6.45, 7) is 1.96. The van der Waals surface area contributed by atoms with E-state index >= 15 is 0 Å². The quantitative estimate of drug-likeness (QED) is 0.777. The third-order valence-corrected chi connectivity index (χ3v) is 3.47. The predicted octanol–water partition coefficient (Wildman–Crippen LogP) is 3.20. The highest BCUT2D eigenvalue weighted by atomic mass is 35.5. The molecule has 1 aromatic rings. The summed E-state index contributed by atoms with van der Waals surface area (Å²) >= 11 is 11.9. The fourth-order valence-corrected chi connectivity index (χ4v) is 2.22. The summed E-state index contributed by atoms with van der Waals surface area (Å²) in [5.74, 6) is -1.39. The number of carbonyl (C=O) groups excluding carboxylic acids is 2. The lowest BCUT2D eigenvalue weighted by molar-refractivity contribution is -0.127. The number of carbonyl (C=O) groups is 2. The summed E-state index contributed by atoms with van der Waals surface area (Å²) in [6, 6.07) is 2.95. The molecule has 116 valence electrons. The van der Waals surface area contributed by atoms with Crippen LogP contribution in [0.1, 0.15) is 36.5 Å². The van der Waals surface area contributed by atoms with Crippen LogP contribution in [0.25, 0.3) is 0 Å². The molecule has 0 heterocycles. The second-order valence-electron chi connectivity index (χ2n) is 4.38. The van der Waals surface area contributed by atoms with E-state index in [2.05, 4.69) is 0 Å². The number of rotatable bonds is 7. The number of esters is 1. The minimum Gasteiger partial charge on any atom is -0.494 e. The van der Waals surface area contributed by atoms with Crippen molar-refractivity contribution in [1.29, 1.82) is 0 Å². The Morgan fingerprint density at radius 3 is 2.43 bits per heavy atom. The highest BCUT2D eigenvalue weighted by molar-refractivity contribution is 6.37. The van der Waals surface area contributed by atoms with Crippen LogP contribution in [0.5, 0.6) is 5.75 Å². The number of hydrogen-bond donors (Lipinski definition) is 1. The van der Waals surface area contributed by atoms with Crippen LogP contribution in [0, 0.1) is 0 Å². The van der Waals surface area contributed by atoms with Crippen molar-refractivity contribution in [2.45, 2.75) is 32.3 Å². The number of unbranched alkanes of at least 4 members (excludes halogenated alkanes) is 1. The molecule has 5 nitrogen and oxygen atoms in total. The van der Waals surface area contributed by atoms with Gasteiger partial charge < -0.3 is 15.2 Å². The smallest absolute Gasteiger partial charge is 0.344 e. The molecule has 7 heteroatoms. The fraction of sp³-hybridized carbons (Fsp3) is 0.429. The van der Waals surface area contributed by atoms with Gasteiger partial charge in [0, 0.05) is 0 Å². The Hall–Kier alpha value is -1.46. The molecule has 0 spiro atoms. The molecule has 0 bridgehead atoms. The molecule has 1 amide bonds. The van der Waals surface area contributed by atoms with Crippen LogP contribution >= 0.6 is 23.2 Å². The van der Waals surface area contributed by atoms with Gasteiger partial charge in [0.15, 0.2) is 11.9 Å². The molecule has 0 saturated heterocycles. The van der Waals surface area contributed by atoms with Crippen molar-refractivity contribution in [2.24, 2.45) is 5.73 Å². The summed E-state index contributed by atoms with van der Waals surface area (Å²) in [5, 5.41) is 0.345. The van der Waals surface area contributed by atoms with Gasteiger partial charge >= 0.3 is 5.97 Å². The van der Waals surface area contributed by atoms with Crippen molar-refractivity contribution in [2.75, 3.05) is 7.11 Å². The number of amides is 1. The molecule has 1 aromatic carbocycles. The van der Waals surface area contributed by atoms with Gasteiger partial charge in [0.1, 0.15) is 5.56 Å². The van der Waals surface area contributed by atoms with Gasteiger partial charge in [0.05, 0.1) is 17.2 Å². The number of ether oxygens (including phenoxy) is 2. The second-order valence-corrected chi connectivity index (χ2v) is 5.19. The molecule has 0 aromatic heterocycles. The van der Waals surface area contributed by atoms with E-state index in [1.165, 1.54) is 19.2 Å². The topological polar surface area (TPSA) is 78.6 Å². The van der Waals surface area contributed by atoms with E-state index in [1.54, 1.807) is 0 Å². The van der Waals surface area contributed by atoms with Gasteiger partial charge in [-0.1, -0.05) is 36.5 Å². The first-order valence-electron chi connectivity index (χ1n) is 6.44. The Morgan fingerprint density at radius 1 is 1.29 bits per heavy atom. The lowest BCUT2D eigenvalue weighted by Gasteiger charge is -2.16. The van der Waals surface area contributed by atoms with Crippen molar-refractivity contribution in [3.8, 4) is 5.75 Å². The maximum Gasteiger partial charge on any atom is 0.344 e. The van der Waals surface area contributed by atoms with Gasteiger partial charge in [-0.05, 0) is 25.0 Å². The molecule has 0 saturated carbocycles. The minimum atomic E-state index is -1.00. The summed E-state index contributed by atoms with van der Waals surface area (Å²) in [6.07, 6.45) is 0.916. The monoisotopic (exact) mass is 333 g/mol. The van der Waals surface area contributed by atoms with Gasteiger partial charge in [0.25, 0.3) is 5.91 Å². The summed E-state index contributed by atoms with van der Waals surface area (Å²) < 4.78 is 10.2. The maximum atomic E-state index is 12.2. The fourth-order valence-electron chi connectivity index (χ4n) is 1.76. The number of primary amides is 1. The number of nitrogens with two attached hydrogens (primary N) is 1. The first-order valence-corrected chi connectivity index (χ1v) is 7.20. The Bertz CT molecular complexity index is 534. The van der Waals surface area contributed by atoms with Gasteiger partial charge in [-0.15, -0.1) is 0 Å². The van der Waals surface area contributed by atoms with Crippen LogP contribution in [0.15, 0.2) is 12.1 Å². The molecule has 1 unspecified atom stereocenters. The first kappa shape index (κ1) is 17.6. The third kappa shape index (κ3) is 4.51. The van der Waals surface area contributed by atoms with Crippen molar-refractivity contribution >= 4 is 35.1 Å². The number of methoxy groups -OCH3 is 1. The first-order chi connectivity index (χ1) is 9.92. The van der Waals surface area contributed by atoms with Crippen LogP contribution in [0.2, 0.25) is 10.0 Å². The molecule has 2 N–H and O–H groups in total. The van der Waals surface area contributed by atoms with Crippen molar-refractivity contribution < 1.29 is 19.1 Å². The molecule has 1 atom stereocenters. The molecule has 0 fully saturated rings. The molecule has 0 radical (unpaired) electrons. The lowest BCUT2D eigenvalue weighted by Crippen LogP contribution is -2.33. The van der Waals surface area contributed by atoms with Crippen molar-refractivity contribution in [3.63, 3.8) is 0 Å². The van der Waals surface area contributed by atoms with Gasteiger partial charge in [-0.25, -0.2) is 4.79 Å². The molecule has 0 aliphatic carbocycles. The summed E-state index contributed by atoms with van der Waals surface area (Å²) in [7, 11) is 1.36. The van der Waals surface area contributed by atoms with Crippen LogP contribution in [0.4, 0.5) is 0 Å². The average molecular weight is 334 g/mol. The lowest BCUT2D eigenvalue weighted by atomic mass is 10.1. The van der Waals surface area contributed by atoms with Crippen LogP contribution < -0.4 is 10.5 Å². The van der Waals surface area contributed by atoms with Crippen molar-refractivity contribution in [1.82, 2.24) is 0 Å². The maximum absolute atomic E-state index is 12.2. The molecular formula is C14H17Cl2NO4.